The first-order chi connectivity index (χ1) is 6.50. The molecule has 0 unspecified atom stereocenters. The molecular formula is C12H18N2. The second-order valence-corrected chi connectivity index (χ2v) is 3.98. The molecule has 0 saturated carbocycles. The number of rotatable bonds is 2. The van der Waals surface area contributed by atoms with Crippen molar-refractivity contribution >= 4 is 11.5 Å². The highest BCUT2D eigenvalue weighted by Crippen LogP contribution is 2.19. The van der Waals surface area contributed by atoms with Gasteiger partial charge in [0.05, 0.1) is 5.69 Å². The molecule has 0 aromatic heterocycles. The molecule has 0 aliphatic carbocycles. The van der Waals surface area contributed by atoms with Gasteiger partial charge in [-0.25, -0.2) is 4.99 Å². The molecule has 2 N–H and O–H groups in total. The molecule has 76 valence electrons. The van der Waals surface area contributed by atoms with Gasteiger partial charge in [0.2, 0.25) is 0 Å². The van der Waals surface area contributed by atoms with Crippen LogP contribution in [0.25, 0.3) is 0 Å². The Kier molecular flexibility index (Phi) is 3.28. The molecule has 0 fully saturated rings. The molecule has 1 aromatic rings. The van der Waals surface area contributed by atoms with Crippen LogP contribution in [0.1, 0.15) is 25.0 Å². The van der Waals surface area contributed by atoms with Crippen molar-refractivity contribution in [3.05, 3.63) is 29.3 Å². The molecule has 0 aliphatic rings. The summed E-state index contributed by atoms with van der Waals surface area (Å²) >= 11 is 0. The second-order valence-electron chi connectivity index (χ2n) is 3.98. The van der Waals surface area contributed by atoms with Crippen LogP contribution in [-0.4, -0.2) is 5.84 Å². The zero-order valence-electron chi connectivity index (χ0n) is 9.33. The molecule has 0 aliphatic heterocycles. The molecule has 14 heavy (non-hydrogen) atoms. The highest BCUT2D eigenvalue weighted by molar-refractivity contribution is 5.85. The Morgan fingerprint density at radius 3 is 2.43 bits per heavy atom. The van der Waals surface area contributed by atoms with Gasteiger partial charge in [0.25, 0.3) is 0 Å². The van der Waals surface area contributed by atoms with E-state index in [1.165, 1.54) is 11.1 Å². The first-order valence-corrected chi connectivity index (χ1v) is 4.92. The number of nitrogens with zero attached hydrogens (tertiary/aromatic N) is 1. The standard InChI is InChI=1S/C12H18N2/c1-8(2)12(13)14-11-6-5-9(3)7-10(11)4/h5-8H,1-4H3,(H2,13,14). The van der Waals surface area contributed by atoms with Crippen LogP contribution in [0.5, 0.6) is 0 Å². The van der Waals surface area contributed by atoms with E-state index >= 15 is 0 Å². The summed E-state index contributed by atoms with van der Waals surface area (Å²) in [5.41, 5.74) is 9.21. The fourth-order valence-corrected chi connectivity index (χ4v) is 1.20. The summed E-state index contributed by atoms with van der Waals surface area (Å²) in [4.78, 5) is 4.39. The van der Waals surface area contributed by atoms with Crippen molar-refractivity contribution in [2.75, 3.05) is 0 Å². The highest BCUT2D eigenvalue weighted by Gasteiger charge is 2.01. The minimum atomic E-state index is 0.302. The monoisotopic (exact) mass is 190 g/mol. The fraction of sp³-hybridized carbons (Fsp3) is 0.417. The van der Waals surface area contributed by atoms with Crippen LogP contribution in [0.15, 0.2) is 23.2 Å². The maximum Gasteiger partial charge on any atom is 0.102 e. The van der Waals surface area contributed by atoms with Crippen LogP contribution in [0.3, 0.4) is 0 Å². The van der Waals surface area contributed by atoms with Crippen LogP contribution in [0, 0.1) is 19.8 Å². The van der Waals surface area contributed by atoms with Gasteiger partial charge < -0.3 is 5.73 Å². The summed E-state index contributed by atoms with van der Waals surface area (Å²) in [7, 11) is 0. The van der Waals surface area contributed by atoms with Gasteiger partial charge in [0.1, 0.15) is 5.84 Å². The second kappa shape index (κ2) is 4.27. The van der Waals surface area contributed by atoms with Crippen LogP contribution in [-0.2, 0) is 0 Å². The molecule has 0 bridgehead atoms. The third-order valence-corrected chi connectivity index (χ3v) is 2.19. The van der Waals surface area contributed by atoms with E-state index in [9.17, 15) is 0 Å². The van der Waals surface area contributed by atoms with Crippen LogP contribution in [0.2, 0.25) is 0 Å². The lowest BCUT2D eigenvalue weighted by atomic mass is 10.1. The van der Waals surface area contributed by atoms with E-state index in [4.69, 9.17) is 5.73 Å². The van der Waals surface area contributed by atoms with Gasteiger partial charge in [-0.15, -0.1) is 0 Å². The van der Waals surface area contributed by atoms with Crippen molar-refractivity contribution in [2.24, 2.45) is 16.6 Å². The highest BCUT2D eigenvalue weighted by atomic mass is 14.9. The van der Waals surface area contributed by atoms with Gasteiger partial charge in [-0.3, -0.25) is 0 Å². The van der Waals surface area contributed by atoms with Crippen molar-refractivity contribution in [3.63, 3.8) is 0 Å². The molecule has 0 atom stereocenters. The Balaban J connectivity index is 3.03. The molecule has 0 spiro atoms. The van der Waals surface area contributed by atoms with E-state index in [2.05, 4.69) is 31.0 Å². The normalized spacial score (nSPS) is 12.2. The Morgan fingerprint density at radius 1 is 1.29 bits per heavy atom. The number of aryl methyl sites for hydroxylation is 2. The fourth-order valence-electron chi connectivity index (χ4n) is 1.20. The first-order valence-electron chi connectivity index (χ1n) is 4.92. The van der Waals surface area contributed by atoms with Crippen molar-refractivity contribution in [1.82, 2.24) is 0 Å². The summed E-state index contributed by atoms with van der Waals surface area (Å²) in [6.45, 7) is 8.22. The van der Waals surface area contributed by atoms with Crippen LogP contribution in [0.4, 0.5) is 5.69 Å². The minimum absolute atomic E-state index is 0.302. The minimum Gasteiger partial charge on any atom is -0.387 e. The molecular weight excluding hydrogens is 172 g/mol. The molecule has 0 heterocycles. The van der Waals surface area contributed by atoms with Crippen molar-refractivity contribution in [1.29, 1.82) is 0 Å². The van der Waals surface area contributed by atoms with Gasteiger partial charge in [0, 0.05) is 5.92 Å². The molecule has 1 rings (SSSR count). The van der Waals surface area contributed by atoms with Crippen molar-refractivity contribution in [2.45, 2.75) is 27.7 Å². The Labute approximate surface area is 85.9 Å². The molecule has 1 aromatic carbocycles. The number of aliphatic imine (C=N–C) groups is 1. The lowest BCUT2D eigenvalue weighted by Gasteiger charge is -2.06. The van der Waals surface area contributed by atoms with E-state index in [1.54, 1.807) is 0 Å². The number of hydrogen-bond acceptors (Lipinski definition) is 1. The van der Waals surface area contributed by atoms with Crippen molar-refractivity contribution < 1.29 is 0 Å². The predicted molar refractivity (Wildman–Crippen MR) is 62.0 cm³/mol. The summed E-state index contributed by atoms with van der Waals surface area (Å²) in [5.74, 6) is 0.993. The van der Waals surface area contributed by atoms with Gasteiger partial charge >= 0.3 is 0 Å². The maximum atomic E-state index is 5.81. The van der Waals surface area contributed by atoms with Crippen LogP contribution >= 0.6 is 0 Å². The summed E-state index contributed by atoms with van der Waals surface area (Å²) in [5, 5.41) is 0. The molecule has 0 saturated heterocycles. The maximum absolute atomic E-state index is 5.81. The Bertz CT molecular complexity index is 351. The number of nitrogens with two attached hydrogens (primary N) is 1. The third kappa shape index (κ3) is 2.59. The zero-order chi connectivity index (χ0) is 10.7. The number of hydrogen-bond donors (Lipinski definition) is 1. The summed E-state index contributed by atoms with van der Waals surface area (Å²) in [6, 6.07) is 6.19. The van der Waals surface area contributed by atoms with E-state index < -0.39 is 0 Å². The van der Waals surface area contributed by atoms with E-state index in [-0.39, 0.29) is 0 Å². The topological polar surface area (TPSA) is 38.4 Å². The van der Waals surface area contributed by atoms with Gasteiger partial charge in [-0.1, -0.05) is 31.5 Å². The van der Waals surface area contributed by atoms with Gasteiger partial charge in [-0.05, 0) is 25.5 Å². The molecule has 0 radical (unpaired) electrons. The summed E-state index contributed by atoms with van der Waals surface area (Å²) < 4.78 is 0. The van der Waals surface area contributed by atoms with E-state index in [0.717, 1.165) is 5.69 Å². The molecule has 2 heteroatoms. The van der Waals surface area contributed by atoms with Gasteiger partial charge in [-0.2, -0.15) is 0 Å². The lowest BCUT2D eigenvalue weighted by molar-refractivity contribution is 0.872. The van der Waals surface area contributed by atoms with Crippen LogP contribution < -0.4 is 5.73 Å². The largest absolute Gasteiger partial charge is 0.387 e. The predicted octanol–water partition coefficient (Wildman–Crippen LogP) is 2.95. The van der Waals surface area contributed by atoms with Crippen molar-refractivity contribution in [3.8, 4) is 0 Å². The smallest absolute Gasteiger partial charge is 0.102 e. The summed E-state index contributed by atoms with van der Waals surface area (Å²) in [6.07, 6.45) is 0. The number of amidine groups is 1. The number of benzene rings is 1. The quantitative estimate of drug-likeness (QED) is 0.565. The SMILES string of the molecule is Cc1ccc(N=C(N)C(C)C)c(C)c1. The average molecular weight is 190 g/mol. The zero-order valence-corrected chi connectivity index (χ0v) is 9.33. The van der Waals surface area contributed by atoms with Gasteiger partial charge in [0.15, 0.2) is 0 Å². The molecule has 0 amide bonds. The van der Waals surface area contributed by atoms with E-state index in [1.807, 2.05) is 19.9 Å². The third-order valence-electron chi connectivity index (χ3n) is 2.19. The lowest BCUT2D eigenvalue weighted by Crippen LogP contribution is -2.18. The molecule has 2 nitrogen and oxygen atoms in total. The first kappa shape index (κ1) is 10.8. The Morgan fingerprint density at radius 2 is 1.93 bits per heavy atom. The average Bonchev–Trinajstić information content (AvgIpc) is 2.09. The van der Waals surface area contributed by atoms with E-state index in [0.29, 0.717) is 11.8 Å². The Hall–Kier alpha value is -1.31.